The van der Waals surface area contributed by atoms with Crippen LogP contribution in [0.4, 0.5) is 15.9 Å². The Labute approximate surface area is 126 Å². The maximum absolute atomic E-state index is 13.4. The minimum absolute atomic E-state index is 0.217. The van der Waals surface area contributed by atoms with Gasteiger partial charge in [-0.2, -0.15) is 0 Å². The second-order valence-electron chi connectivity index (χ2n) is 5.42. The first-order chi connectivity index (χ1) is 10.7. The predicted octanol–water partition coefficient (Wildman–Crippen LogP) is 3.06. The van der Waals surface area contributed by atoms with Gasteiger partial charge in [0.05, 0.1) is 11.9 Å². The van der Waals surface area contributed by atoms with Crippen LogP contribution in [0.25, 0.3) is 11.1 Å². The van der Waals surface area contributed by atoms with E-state index in [1.54, 1.807) is 19.1 Å². The Morgan fingerprint density at radius 1 is 1.32 bits per heavy atom. The molecule has 4 rings (SSSR count). The van der Waals surface area contributed by atoms with E-state index < -0.39 is 0 Å². The molecule has 0 saturated heterocycles. The molecular formula is C16H15FN4O. The van der Waals surface area contributed by atoms with Crippen molar-refractivity contribution in [3.05, 3.63) is 47.2 Å². The largest absolute Gasteiger partial charge is 0.441 e. The van der Waals surface area contributed by atoms with E-state index in [1.807, 2.05) is 0 Å². The Kier molecular flexibility index (Phi) is 3.04. The molecule has 0 amide bonds. The molecule has 0 aliphatic carbocycles. The number of aromatic nitrogens is 2. The molecule has 6 heteroatoms. The number of rotatable bonds is 2. The SMILES string of the molecule is Cc1cc(Nc2ncnc3oc4c(c23)CCNC4)ccc1F. The van der Waals surface area contributed by atoms with Crippen molar-refractivity contribution in [2.45, 2.75) is 19.9 Å². The van der Waals surface area contributed by atoms with Crippen LogP contribution in [0.5, 0.6) is 0 Å². The highest BCUT2D eigenvalue weighted by Gasteiger charge is 2.21. The summed E-state index contributed by atoms with van der Waals surface area (Å²) < 4.78 is 19.2. The molecule has 5 nitrogen and oxygen atoms in total. The van der Waals surface area contributed by atoms with Crippen LogP contribution in [0, 0.1) is 12.7 Å². The number of aryl methyl sites for hydroxylation is 1. The van der Waals surface area contributed by atoms with Gasteiger partial charge in [-0.25, -0.2) is 14.4 Å². The molecule has 0 fully saturated rings. The van der Waals surface area contributed by atoms with Crippen molar-refractivity contribution in [3.8, 4) is 0 Å². The van der Waals surface area contributed by atoms with Crippen molar-refractivity contribution in [3.63, 3.8) is 0 Å². The molecule has 1 aliphatic rings. The lowest BCUT2D eigenvalue weighted by Crippen LogP contribution is -2.22. The average Bonchev–Trinajstić information content (AvgIpc) is 2.90. The number of fused-ring (bicyclic) bond motifs is 3. The zero-order chi connectivity index (χ0) is 15.1. The highest BCUT2D eigenvalue weighted by molar-refractivity contribution is 5.91. The van der Waals surface area contributed by atoms with E-state index in [4.69, 9.17) is 4.42 Å². The van der Waals surface area contributed by atoms with E-state index in [2.05, 4.69) is 20.6 Å². The Bertz CT molecular complexity index is 859. The second kappa shape index (κ2) is 5.06. The molecular weight excluding hydrogens is 283 g/mol. The highest BCUT2D eigenvalue weighted by atomic mass is 19.1. The number of halogens is 1. The molecule has 0 atom stereocenters. The van der Waals surface area contributed by atoms with Crippen molar-refractivity contribution < 1.29 is 8.81 Å². The van der Waals surface area contributed by atoms with Gasteiger partial charge in [-0.3, -0.25) is 0 Å². The molecule has 0 radical (unpaired) electrons. The highest BCUT2D eigenvalue weighted by Crippen LogP contribution is 2.32. The van der Waals surface area contributed by atoms with E-state index in [9.17, 15) is 4.39 Å². The Morgan fingerprint density at radius 3 is 3.09 bits per heavy atom. The minimum atomic E-state index is -0.217. The molecule has 0 bridgehead atoms. The second-order valence-corrected chi connectivity index (χ2v) is 5.42. The van der Waals surface area contributed by atoms with Gasteiger partial charge in [0.2, 0.25) is 5.71 Å². The molecule has 2 aromatic heterocycles. The fourth-order valence-electron chi connectivity index (χ4n) is 2.81. The fourth-order valence-corrected chi connectivity index (χ4v) is 2.81. The summed E-state index contributed by atoms with van der Waals surface area (Å²) in [4.78, 5) is 8.55. The molecule has 0 saturated carbocycles. The van der Waals surface area contributed by atoms with E-state index >= 15 is 0 Å². The summed E-state index contributed by atoms with van der Waals surface area (Å²) >= 11 is 0. The minimum Gasteiger partial charge on any atom is -0.441 e. The lowest BCUT2D eigenvalue weighted by molar-refractivity contribution is 0.482. The summed E-state index contributed by atoms with van der Waals surface area (Å²) in [6.07, 6.45) is 2.36. The van der Waals surface area contributed by atoms with Gasteiger partial charge in [0, 0.05) is 11.3 Å². The predicted molar refractivity (Wildman–Crippen MR) is 81.6 cm³/mol. The molecule has 0 unspecified atom stereocenters. The average molecular weight is 298 g/mol. The van der Waals surface area contributed by atoms with Gasteiger partial charge in [-0.1, -0.05) is 0 Å². The number of hydrogen-bond acceptors (Lipinski definition) is 5. The Morgan fingerprint density at radius 2 is 2.23 bits per heavy atom. The smallest absolute Gasteiger partial charge is 0.231 e. The number of benzene rings is 1. The standard InChI is InChI=1S/C16H15FN4O/c1-9-6-10(2-3-12(9)17)21-15-14-11-4-5-18-7-13(11)22-16(14)20-8-19-15/h2-3,6,8,18H,4-5,7H2,1H3,(H,19,20,21). The first-order valence-corrected chi connectivity index (χ1v) is 7.21. The third-order valence-electron chi connectivity index (χ3n) is 3.93. The van der Waals surface area contributed by atoms with E-state index in [0.717, 1.165) is 35.4 Å². The summed E-state index contributed by atoms with van der Waals surface area (Å²) in [7, 11) is 0. The topological polar surface area (TPSA) is 63.0 Å². The fraction of sp³-hybridized carbons (Fsp3) is 0.250. The monoisotopic (exact) mass is 298 g/mol. The van der Waals surface area contributed by atoms with Gasteiger partial charge in [0.1, 0.15) is 23.7 Å². The molecule has 22 heavy (non-hydrogen) atoms. The molecule has 2 N–H and O–H groups in total. The summed E-state index contributed by atoms with van der Waals surface area (Å²) in [5.74, 6) is 1.40. The summed E-state index contributed by atoms with van der Waals surface area (Å²) in [6.45, 7) is 3.36. The van der Waals surface area contributed by atoms with Crippen molar-refractivity contribution in [1.82, 2.24) is 15.3 Å². The quantitative estimate of drug-likeness (QED) is 0.761. The normalized spacial score (nSPS) is 14.1. The molecule has 0 spiro atoms. The van der Waals surface area contributed by atoms with Crippen molar-refractivity contribution in [2.24, 2.45) is 0 Å². The van der Waals surface area contributed by atoms with Gasteiger partial charge in [-0.05, 0) is 43.7 Å². The summed E-state index contributed by atoms with van der Waals surface area (Å²) in [5, 5.41) is 7.45. The van der Waals surface area contributed by atoms with Gasteiger partial charge in [-0.15, -0.1) is 0 Å². The van der Waals surface area contributed by atoms with Crippen molar-refractivity contribution in [2.75, 3.05) is 11.9 Å². The molecule has 112 valence electrons. The molecule has 1 aliphatic heterocycles. The Balaban J connectivity index is 1.81. The zero-order valence-electron chi connectivity index (χ0n) is 12.1. The van der Waals surface area contributed by atoms with Gasteiger partial charge in [0.25, 0.3) is 0 Å². The van der Waals surface area contributed by atoms with E-state index in [1.165, 1.54) is 12.4 Å². The van der Waals surface area contributed by atoms with Crippen LogP contribution in [0.15, 0.2) is 28.9 Å². The Hall–Kier alpha value is -2.47. The summed E-state index contributed by atoms with van der Waals surface area (Å²) in [5.41, 5.74) is 3.12. The van der Waals surface area contributed by atoms with Crippen LogP contribution in [-0.2, 0) is 13.0 Å². The van der Waals surface area contributed by atoms with Crippen LogP contribution in [0.2, 0.25) is 0 Å². The maximum Gasteiger partial charge on any atom is 0.231 e. The third-order valence-corrected chi connectivity index (χ3v) is 3.93. The van der Waals surface area contributed by atoms with Crippen molar-refractivity contribution in [1.29, 1.82) is 0 Å². The van der Waals surface area contributed by atoms with Crippen LogP contribution >= 0.6 is 0 Å². The van der Waals surface area contributed by atoms with Crippen LogP contribution in [-0.4, -0.2) is 16.5 Å². The van der Waals surface area contributed by atoms with Crippen molar-refractivity contribution >= 4 is 22.6 Å². The zero-order valence-corrected chi connectivity index (χ0v) is 12.1. The molecule has 1 aromatic carbocycles. The first kappa shape index (κ1) is 13.2. The van der Waals surface area contributed by atoms with Crippen LogP contribution in [0.3, 0.4) is 0 Å². The van der Waals surface area contributed by atoms with Crippen LogP contribution < -0.4 is 10.6 Å². The van der Waals surface area contributed by atoms with Gasteiger partial charge in [0.15, 0.2) is 0 Å². The van der Waals surface area contributed by atoms with Gasteiger partial charge >= 0.3 is 0 Å². The number of nitrogens with one attached hydrogen (secondary N) is 2. The maximum atomic E-state index is 13.4. The lowest BCUT2D eigenvalue weighted by Gasteiger charge is -2.12. The van der Waals surface area contributed by atoms with E-state index in [-0.39, 0.29) is 5.82 Å². The van der Waals surface area contributed by atoms with Crippen LogP contribution in [0.1, 0.15) is 16.9 Å². The van der Waals surface area contributed by atoms with Gasteiger partial charge < -0.3 is 15.1 Å². The number of furan rings is 1. The lowest BCUT2D eigenvalue weighted by atomic mass is 10.1. The van der Waals surface area contributed by atoms with E-state index in [0.29, 0.717) is 23.6 Å². The molecule has 3 aromatic rings. The third kappa shape index (κ3) is 2.12. The first-order valence-electron chi connectivity index (χ1n) is 7.21. The number of anilines is 2. The number of nitrogens with zero attached hydrogens (tertiary/aromatic N) is 2. The number of hydrogen-bond donors (Lipinski definition) is 2. The summed E-state index contributed by atoms with van der Waals surface area (Å²) in [6, 6.07) is 4.91. The molecule has 3 heterocycles.